The van der Waals surface area contributed by atoms with Crippen molar-refractivity contribution in [2.45, 2.75) is 50.9 Å². The number of hydrogen-bond donors (Lipinski definition) is 2. The number of nitriles is 2. The molecule has 0 bridgehead atoms. The van der Waals surface area contributed by atoms with E-state index >= 15 is 0 Å². The van der Waals surface area contributed by atoms with Crippen LogP contribution in [0, 0.1) is 22.7 Å². The van der Waals surface area contributed by atoms with Gasteiger partial charge in [0, 0.05) is 69.4 Å². The summed E-state index contributed by atoms with van der Waals surface area (Å²) < 4.78 is 0. The molecule has 2 aromatic carbocycles. The highest BCUT2D eigenvalue weighted by molar-refractivity contribution is 6.07. The molecule has 2 atom stereocenters. The number of benzene rings is 2. The minimum atomic E-state index is -0.123. The van der Waals surface area contributed by atoms with Crippen molar-refractivity contribution < 1.29 is 9.59 Å². The van der Waals surface area contributed by atoms with Crippen LogP contribution in [0.1, 0.15) is 47.9 Å². The van der Waals surface area contributed by atoms with Gasteiger partial charge in [0.05, 0.1) is 54.8 Å². The monoisotopic (exact) mass is 724 g/mol. The second-order valence-electron chi connectivity index (χ2n) is 14.0. The average molecular weight is 725 g/mol. The van der Waals surface area contributed by atoms with E-state index in [0.717, 1.165) is 67.2 Å². The molecule has 6 aliphatic heterocycles. The number of allylic oxidation sites excluding steroid dienone is 1. The second kappa shape index (κ2) is 16.2. The number of amides is 4. The van der Waals surface area contributed by atoms with Crippen molar-refractivity contribution in [2.24, 2.45) is 21.5 Å². The van der Waals surface area contributed by atoms with E-state index in [1.165, 1.54) is 0 Å². The molecule has 14 heteroatoms. The van der Waals surface area contributed by atoms with E-state index in [-0.39, 0.29) is 24.1 Å². The Kier molecular flexibility index (Phi) is 10.8. The third kappa shape index (κ3) is 7.62. The zero-order valence-electron chi connectivity index (χ0n) is 30.2. The molecule has 0 aromatic heterocycles. The van der Waals surface area contributed by atoms with Crippen molar-refractivity contribution in [1.82, 2.24) is 29.4 Å². The Hall–Kier alpha value is -6.22. The highest BCUT2D eigenvalue weighted by atomic mass is 16.2. The van der Waals surface area contributed by atoms with Crippen LogP contribution in [0.5, 0.6) is 0 Å². The van der Waals surface area contributed by atoms with E-state index in [9.17, 15) is 20.1 Å². The number of nitrogens with two attached hydrogens (primary N) is 2. The van der Waals surface area contributed by atoms with Crippen molar-refractivity contribution in [3.05, 3.63) is 119 Å². The summed E-state index contributed by atoms with van der Waals surface area (Å²) in [7, 11) is 0. The van der Waals surface area contributed by atoms with Crippen LogP contribution in [-0.4, -0.2) is 105 Å². The summed E-state index contributed by atoms with van der Waals surface area (Å²) in [6.45, 7) is 4.77. The Morgan fingerprint density at radius 3 is 1.87 bits per heavy atom. The summed E-state index contributed by atoms with van der Waals surface area (Å²) in [5.41, 5.74) is 16.0. The summed E-state index contributed by atoms with van der Waals surface area (Å²) in [5, 5.41) is 18.8. The minimum Gasteiger partial charge on any atom is -0.356 e. The van der Waals surface area contributed by atoms with Crippen LogP contribution >= 0.6 is 0 Å². The topological polar surface area (TPSA) is 178 Å². The lowest BCUT2D eigenvalue weighted by atomic mass is 10.1. The highest BCUT2D eigenvalue weighted by Crippen LogP contribution is 2.31. The van der Waals surface area contributed by atoms with Crippen LogP contribution in [0.25, 0.3) is 0 Å². The Morgan fingerprint density at radius 1 is 0.741 bits per heavy atom. The van der Waals surface area contributed by atoms with Crippen LogP contribution in [0.2, 0.25) is 0 Å². The number of aliphatic imine (C=N–C) groups is 2. The van der Waals surface area contributed by atoms with E-state index < -0.39 is 0 Å². The van der Waals surface area contributed by atoms with Crippen LogP contribution in [0.15, 0.2) is 106 Å². The predicted octanol–water partition coefficient (Wildman–Crippen LogP) is 3.97. The Morgan fingerprint density at radius 2 is 1.30 bits per heavy atom. The van der Waals surface area contributed by atoms with E-state index in [1.54, 1.807) is 50.3 Å². The first-order valence-electron chi connectivity index (χ1n) is 18.4. The van der Waals surface area contributed by atoms with E-state index in [2.05, 4.69) is 31.9 Å². The summed E-state index contributed by atoms with van der Waals surface area (Å²) in [4.78, 5) is 46.3. The number of carbonyl (C=O) groups is 2. The summed E-state index contributed by atoms with van der Waals surface area (Å²) in [6, 6.07) is 19.2. The normalized spacial score (nSPS) is 22.1. The van der Waals surface area contributed by atoms with E-state index in [4.69, 9.17) is 11.5 Å². The number of urea groups is 2. The third-order valence-corrected chi connectivity index (χ3v) is 10.3. The summed E-state index contributed by atoms with van der Waals surface area (Å²) in [5.74, 6) is 2.30. The molecular weight excluding hydrogens is 681 g/mol. The van der Waals surface area contributed by atoms with Gasteiger partial charge in [0.25, 0.3) is 0 Å². The minimum absolute atomic E-state index is 0.0919. The number of rotatable bonds is 6. The molecule has 6 heterocycles. The molecule has 0 aliphatic carbocycles. The fourth-order valence-electron chi connectivity index (χ4n) is 7.50. The fraction of sp³-hybridized carbons (Fsp3) is 0.350. The summed E-state index contributed by atoms with van der Waals surface area (Å²) >= 11 is 0. The number of likely N-dealkylation sites (tertiary alicyclic amines) is 2. The van der Waals surface area contributed by atoms with Gasteiger partial charge in [-0.1, -0.05) is 36.4 Å². The van der Waals surface area contributed by atoms with Crippen molar-refractivity contribution in [2.75, 3.05) is 39.3 Å². The number of piperidine rings is 2. The molecule has 0 spiro atoms. The van der Waals surface area contributed by atoms with Gasteiger partial charge in [0.1, 0.15) is 17.5 Å². The van der Waals surface area contributed by atoms with Crippen molar-refractivity contribution >= 4 is 24.1 Å². The molecule has 276 valence electrons. The first-order valence-corrected chi connectivity index (χ1v) is 18.4. The van der Waals surface area contributed by atoms with Gasteiger partial charge in [0.2, 0.25) is 0 Å². The first-order chi connectivity index (χ1) is 26.3. The van der Waals surface area contributed by atoms with Gasteiger partial charge in [0.15, 0.2) is 0 Å². The summed E-state index contributed by atoms with van der Waals surface area (Å²) in [6.07, 6.45) is 15.0. The Labute approximate surface area is 315 Å². The predicted molar refractivity (Wildman–Crippen MR) is 204 cm³/mol. The maximum absolute atomic E-state index is 13.3. The van der Waals surface area contributed by atoms with Gasteiger partial charge in [-0.15, -0.1) is 0 Å². The first kappa shape index (κ1) is 36.2. The van der Waals surface area contributed by atoms with E-state index in [1.807, 2.05) is 54.6 Å². The molecule has 2 fully saturated rings. The van der Waals surface area contributed by atoms with Crippen molar-refractivity contribution in [1.29, 1.82) is 10.5 Å². The molecule has 4 N–H and O–H groups in total. The highest BCUT2D eigenvalue weighted by Gasteiger charge is 2.37. The molecule has 2 saturated heterocycles. The molecule has 14 nitrogen and oxygen atoms in total. The van der Waals surface area contributed by atoms with Crippen LogP contribution < -0.4 is 11.5 Å². The lowest BCUT2D eigenvalue weighted by Gasteiger charge is -2.44. The molecule has 54 heavy (non-hydrogen) atoms. The lowest BCUT2D eigenvalue weighted by Crippen LogP contribution is -2.55. The Balaban J connectivity index is 0.000000167. The maximum atomic E-state index is 13.3. The molecule has 2 unspecified atom stereocenters. The SMILES string of the molecule is N#Cc1ccccc1CN1C(=O)N2CC=CN=C2C=C1N1CCCC(N)C1.N#Cc1ccccc1CN1C(=O)N2CC=NC=C2C=C1N1CCCC(N)C1. The quantitative estimate of drug-likeness (QED) is 0.450. The number of nitrogens with zero attached hydrogens (tertiary/aromatic N) is 10. The maximum Gasteiger partial charge on any atom is 0.331 e. The van der Waals surface area contributed by atoms with E-state index in [0.29, 0.717) is 56.2 Å². The third-order valence-electron chi connectivity index (χ3n) is 10.3. The van der Waals surface area contributed by atoms with Gasteiger partial charge in [-0.05, 0) is 55.0 Å². The fourth-order valence-corrected chi connectivity index (χ4v) is 7.50. The molecule has 8 rings (SSSR count). The number of carbonyl (C=O) groups excluding carboxylic acids is 2. The molecule has 0 radical (unpaired) electrons. The van der Waals surface area contributed by atoms with Crippen LogP contribution in [0.3, 0.4) is 0 Å². The number of amidine groups is 1. The largest absolute Gasteiger partial charge is 0.356 e. The molecule has 0 saturated carbocycles. The zero-order valence-corrected chi connectivity index (χ0v) is 30.2. The lowest BCUT2D eigenvalue weighted by molar-refractivity contribution is 0.138. The second-order valence-corrected chi connectivity index (χ2v) is 14.0. The standard InChI is InChI=1S/2C20H22N6O/c21-12-15-5-1-2-6-16(15)13-26-19(24-9-3-7-17(22)14-24)11-18-23-8-4-10-25(18)20(26)27;21-11-15-4-1-2-5-16(15)13-26-19(24-8-3-6-17(22)14-24)10-18-12-23-7-9-25(18)20(26)27/h1-2,4-6,8,11,17H,3,7,9-10,13-14,22H2;1-2,4-5,7,10,12,17H,3,6,8-9,13-14,22H2. The average Bonchev–Trinajstić information content (AvgIpc) is 3.20. The van der Waals surface area contributed by atoms with Crippen molar-refractivity contribution in [3.8, 4) is 12.1 Å². The molecule has 6 aliphatic rings. The smallest absolute Gasteiger partial charge is 0.331 e. The van der Waals surface area contributed by atoms with Gasteiger partial charge in [-0.25, -0.2) is 14.6 Å². The zero-order chi connectivity index (χ0) is 37.6. The van der Waals surface area contributed by atoms with Gasteiger partial charge in [-0.2, -0.15) is 10.5 Å². The van der Waals surface area contributed by atoms with Gasteiger partial charge in [-0.3, -0.25) is 24.6 Å². The molecular formula is C40H44N12O2. The van der Waals surface area contributed by atoms with Crippen LogP contribution in [0.4, 0.5) is 9.59 Å². The van der Waals surface area contributed by atoms with Gasteiger partial charge < -0.3 is 21.3 Å². The Bertz CT molecular complexity index is 1910. The molecule has 4 amide bonds. The van der Waals surface area contributed by atoms with Crippen LogP contribution in [-0.2, 0) is 13.1 Å². The number of hydrogen-bond acceptors (Lipinski definition) is 10. The molecule has 2 aromatic rings. The number of fused-ring (bicyclic) bond motifs is 2. The van der Waals surface area contributed by atoms with Gasteiger partial charge >= 0.3 is 12.1 Å². The van der Waals surface area contributed by atoms with Crippen molar-refractivity contribution in [3.63, 3.8) is 0 Å².